The summed E-state index contributed by atoms with van der Waals surface area (Å²) >= 11 is 0. The van der Waals surface area contributed by atoms with Crippen molar-refractivity contribution in [3.8, 4) is 5.75 Å². The van der Waals surface area contributed by atoms with Crippen molar-refractivity contribution >= 4 is 16.6 Å². The van der Waals surface area contributed by atoms with E-state index in [2.05, 4.69) is 67.3 Å². The Balaban J connectivity index is 2.38. The van der Waals surface area contributed by atoms with E-state index in [1.807, 2.05) is 12.2 Å². The fraction of sp³-hybridized carbons (Fsp3) is 0.677. The van der Waals surface area contributed by atoms with Crippen LogP contribution < -0.4 is 4.74 Å². The number of alkyl halides is 3. The van der Waals surface area contributed by atoms with Gasteiger partial charge in [0.2, 0.25) is 0 Å². The van der Waals surface area contributed by atoms with Crippen molar-refractivity contribution < 1.29 is 31.9 Å². The second-order valence-corrected chi connectivity index (χ2v) is 22.1. The quantitative estimate of drug-likeness (QED) is 0.171. The van der Waals surface area contributed by atoms with Crippen LogP contribution in [-0.2, 0) is 15.0 Å². The minimum Gasteiger partial charge on any atom is -0.491 e. The van der Waals surface area contributed by atoms with E-state index in [9.17, 15) is 18.3 Å². The smallest absolute Gasteiger partial charge is 0.416 e. The van der Waals surface area contributed by atoms with Gasteiger partial charge in [-0.2, -0.15) is 13.2 Å². The van der Waals surface area contributed by atoms with Crippen LogP contribution in [0.3, 0.4) is 0 Å². The summed E-state index contributed by atoms with van der Waals surface area (Å²) in [6.07, 6.45) is 1.66. The normalized spacial score (nSPS) is 23.5. The van der Waals surface area contributed by atoms with Crippen molar-refractivity contribution in [2.45, 2.75) is 115 Å². The van der Waals surface area contributed by atoms with Gasteiger partial charge in [-0.1, -0.05) is 65.8 Å². The fourth-order valence-electron chi connectivity index (χ4n) is 5.20. The van der Waals surface area contributed by atoms with Crippen molar-refractivity contribution in [3.63, 3.8) is 0 Å². The van der Waals surface area contributed by atoms with Crippen molar-refractivity contribution in [1.29, 1.82) is 0 Å². The second-order valence-electron chi connectivity index (χ2n) is 12.6. The zero-order valence-electron chi connectivity index (χ0n) is 25.7. The zero-order valence-corrected chi connectivity index (χ0v) is 27.7. The van der Waals surface area contributed by atoms with Gasteiger partial charge in [0, 0.05) is 5.92 Å². The number of rotatable bonds is 14. The molecule has 0 amide bonds. The van der Waals surface area contributed by atoms with E-state index in [4.69, 9.17) is 13.6 Å². The first kappa shape index (κ1) is 34.8. The Morgan fingerprint density at radius 1 is 1.10 bits per heavy atom. The Bertz CT molecular complexity index is 962. The second kappa shape index (κ2) is 14.2. The predicted molar refractivity (Wildman–Crippen MR) is 163 cm³/mol. The number of ether oxygens (including phenoxy) is 1. The molecule has 0 radical (unpaired) electrons. The molecule has 1 saturated carbocycles. The fourth-order valence-corrected chi connectivity index (χ4v) is 9.35. The molecule has 1 aromatic carbocycles. The maximum atomic E-state index is 13.3. The molecule has 5 atom stereocenters. The van der Waals surface area contributed by atoms with Crippen molar-refractivity contribution in [2.75, 3.05) is 6.61 Å². The van der Waals surface area contributed by atoms with Crippen molar-refractivity contribution in [3.05, 3.63) is 54.6 Å². The SMILES string of the molecule is C=CC[C@@H]1[C@@H](/C=C/C(COc2cccc(C(F)(F)F)c2)O[Si](CC)(CC)CC)[C@H](O[Si](C)(C)C(C)(C)C)C[C@@H]1O. The summed E-state index contributed by atoms with van der Waals surface area (Å²) in [5, 5.41) is 11.0. The van der Waals surface area contributed by atoms with Gasteiger partial charge in [-0.15, -0.1) is 6.58 Å². The molecule has 9 heteroatoms. The Labute approximate surface area is 242 Å². The molecule has 228 valence electrons. The minimum atomic E-state index is -4.44. The third kappa shape index (κ3) is 9.05. The Kier molecular flexibility index (Phi) is 12.3. The summed E-state index contributed by atoms with van der Waals surface area (Å²) in [6, 6.07) is 7.77. The summed E-state index contributed by atoms with van der Waals surface area (Å²) in [4.78, 5) is 0. The molecular weight excluding hydrogens is 550 g/mol. The summed E-state index contributed by atoms with van der Waals surface area (Å²) < 4.78 is 59.3. The number of halogens is 3. The summed E-state index contributed by atoms with van der Waals surface area (Å²) in [5.74, 6) is 0.0929. The van der Waals surface area contributed by atoms with Gasteiger partial charge in [-0.05, 0) is 73.2 Å². The molecule has 2 rings (SSSR count). The molecule has 40 heavy (non-hydrogen) atoms. The number of hydrogen-bond acceptors (Lipinski definition) is 4. The van der Waals surface area contributed by atoms with E-state index in [0.717, 1.165) is 30.3 Å². The number of aliphatic hydroxyl groups is 1. The lowest BCUT2D eigenvalue weighted by molar-refractivity contribution is -0.137. The molecule has 1 unspecified atom stereocenters. The maximum Gasteiger partial charge on any atom is 0.416 e. The first-order valence-corrected chi connectivity index (χ1v) is 20.1. The average molecular weight is 601 g/mol. The van der Waals surface area contributed by atoms with Gasteiger partial charge >= 0.3 is 6.18 Å². The Morgan fingerprint density at radius 3 is 2.25 bits per heavy atom. The van der Waals surface area contributed by atoms with Crippen LogP contribution in [0, 0.1) is 11.8 Å². The van der Waals surface area contributed by atoms with Crippen LogP contribution in [0.1, 0.15) is 59.9 Å². The number of aliphatic hydroxyl groups excluding tert-OH is 1. The Hall–Kier alpha value is -1.40. The molecule has 1 aromatic rings. The van der Waals surface area contributed by atoms with Crippen LogP contribution in [0.5, 0.6) is 5.75 Å². The van der Waals surface area contributed by atoms with Gasteiger partial charge in [0.1, 0.15) is 12.4 Å². The van der Waals surface area contributed by atoms with E-state index in [-0.39, 0.29) is 35.3 Å². The van der Waals surface area contributed by atoms with Crippen molar-refractivity contribution in [1.82, 2.24) is 0 Å². The third-order valence-corrected chi connectivity index (χ3v) is 18.2. The molecule has 0 saturated heterocycles. The maximum absolute atomic E-state index is 13.3. The van der Waals surface area contributed by atoms with E-state index in [1.165, 1.54) is 12.1 Å². The van der Waals surface area contributed by atoms with Gasteiger partial charge in [0.25, 0.3) is 0 Å². The first-order chi connectivity index (χ1) is 18.5. The van der Waals surface area contributed by atoms with Crippen LogP contribution in [0.4, 0.5) is 13.2 Å². The van der Waals surface area contributed by atoms with E-state index in [1.54, 1.807) is 0 Å². The molecule has 0 heterocycles. The highest BCUT2D eigenvalue weighted by Crippen LogP contribution is 2.44. The summed E-state index contributed by atoms with van der Waals surface area (Å²) in [7, 11) is -4.16. The highest BCUT2D eigenvalue weighted by molar-refractivity contribution is 6.74. The highest BCUT2D eigenvalue weighted by Gasteiger charge is 2.47. The molecule has 1 aliphatic rings. The van der Waals surface area contributed by atoms with Crippen LogP contribution in [0.2, 0.25) is 36.3 Å². The van der Waals surface area contributed by atoms with Crippen LogP contribution >= 0.6 is 0 Å². The van der Waals surface area contributed by atoms with E-state index >= 15 is 0 Å². The Morgan fingerprint density at radius 2 is 1.73 bits per heavy atom. The molecular formula is C31H51F3O4Si2. The monoisotopic (exact) mass is 600 g/mol. The van der Waals surface area contributed by atoms with E-state index in [0.29, 0.717) is 12.8 Å². The average Bonchev–Trinajstić information content (AvgIpc) is 3.16. The lowest BCUT2D eigenvalue weighted by Crippen LogP contribution is -2.45. The van der Waals surface area contributed by atoms with Crippen LogP contribution in [0.15, 0.2) is 49.1 Å². The molecule has 4 nitrogen and oxygen atoms in total. The third-order valence-electron chi connectivity index (χ3n) is 9.04. The van der Waals surface area contributed by atoms with Gasteiger partial charge in [0.15, 0.2) is 16.6 Å². The van der Waals surface area contributed by atoms with Crippen LogP contribution in [0.25, 0.3) is 0 Å². The van der Waals surface area contributed by atoms with Gasteiger partial charge in [-0.25, -0.2) is 0 Å². The van der Waals surface area contributed by atoms with Gasteiger partial charge in [0.05, 0.1) is 23.9 Å². The molecule has 1 fully saturated rings. The number of benzene rings is 1. The minimum absolute atomic E-state index is 0.0286. The molecule has 1 N–H and O–H groups in total. The predicted octanol–water partition coefficient (Wildman–Crippen LogP) is 8.99. The molecule has 0 aromatic heterocycles. The highest BCUT2D eigenvalue weighted by atomic mass is 28.4. The lowest BCUT2D eigenvalue weighted by Gasteiger charge is -2.40. The summed E-state index contributed by atoms with van der Waals surface area (Å²) in [6.45, 7) is 21.5. The van der Waals surface area contributed by atoms with E-state index < -0.39 is 40.6 Å². The lowest BCUT2D eigenvalue weighted by atomic mass is 9.90. The topological polar surface area (TPSA) is 47.9 Å². The first-order valence-electron chi connectivity index (χ1n) is 14.7. The van der Waals surface area contributed by atoms with Gasteiger partial charge in [-0.3, -0.25) is 0 Å². The summed E-state index contributed by atoms with van der Waals surface area (Å²) in [5.41, 5.74) is -0.741. The molecule has 0 bridgehead atoms. The standard InChI is InChI=1S/C31H51F3O4Si2/c1-10-15-26-27(29(21-28(26)35)38-39(8,9)30(5,6)7)19-18-25(37-40(11-2,12-3)13-4)22-36-24-17-14-16-23(20-24)31(32,33)34/h10,14,16-20,25-29,35H,1,11-13,15,21-22H2,2-9H3/b19-18+/t25?,26-,27-,28+,29-/m1/s1. The molecule has 1 aliphatic carbocycles. The molecule has 0 aliphatic heterocycles. The largest absolute Gasteiger partial charge is 0.491 e. The van der Waals surface area contributed by atoms with Crippen molar-refractivity contribution in [2.24, 2.45) is 11.8 Å². The zero-order chi connectivity index (χ0) is 30.4. The van der Waals surface area contributed by atoms with Gasteiger partial charge < -0.3 is 18.7 Å². The number of allylic oxidation sites excluding steroid dienone is 1. The van der Waals surface area contributed by atoms with Crippen LogP contribution in [-0.4, -0.2) is 46.7 Å². The molecule has 0 spiro atoms. The number of hydrogen-bond donors (Lipinski definition) is 1.